The Hall–Kier alpha value is -2.57. The molecule has 0 atom stereocenters. The van der Waals surface area contributed by atoms with Crippen LogP contribution in [0.1, 0.15) is 30.6 Å². The van der Waals surface area contributed by atoms with Crippen LogP contribution >= 0.6 is 0 Å². The van der Waals surface area contributed by atoms with Crippen molar-refractivity contribution in [3.63, 3.8) is 0 Å². The number of nitrogens with zero attached hydrogens (tertiary/aromatic N) is 3. The first-order valence-corrected chi connectivity index (χ1v) is 8.68. The maximum absolute atomic E-state index is 5.70. The molecule has 7 nitrogen and oxygen atoms in total. The fourth-order valence-electron chi connectivity index (χ4n) is 2.18. The molecule has 2 N–H and O–H groups in total. The van der Waals surface area contributed by atoms with E-state index in [0.29, 0.717) is 31.4 Å². The Labute approximate surface area is 148 Å². The smallest absolute Gasteiger partial charge is 0.226 e. The minimum absolute atomic E-state index is 0.578. The molecule has 0 radical (unpaired) electrons. The van der Waals surface area contributed by atoms with Crippen LogP contribution in [0.15, 0.2) is 33.8 Å². The van der Waals surface area contributed by atoms with Crippen LogP contribution in [0.4, 0.5) is 0 Å². The molecule has 2 aromatic rings. The number of aliphatic imine (C=N–C) groups is 1. The SMILES string of the molecule is CCNC(=NCCCc1nc(C)no1)NCCOc1ccc(C)cc1. The van der Waals surface area contributed by atoms with E-state index >= 15 is 0 Å². The first kappa shape index (κ1) is 18.8. The largest absolute Gasteiger partial charge is 0.492 e. The van der Waals surface area contributed by atoms with Gasteiger partial charge in [0.05, 0.1) is 6.54 Å². The molecule has 0 saturated heterocycles. The van der Waals surface area contributed by atoms with Crippen molar-refractivity contribution in [2.45, 2.75) is 33.6 Å². The lowest BCUT2D eigenvalue weighted by Gasteiger charge is -2.12. The van der Waals surface area contributed by atoms with Gasteiger partial charge in [0.1, 0.15) is 12.4 Å². The molecule has 0 amide bonds. The summed E-state index contributed by atoms with van der Waals surface area (Å²) in [6.45, 7) is 8.68. The van der Waals surface area contributed by atoms with E-state index in [1.807, 2.05) is 38.1 Å². The zero-order valence-corrected chi connectivity index (χ0v) is 15.2. The predicted octanol–water partition coefficient (Wildman–Crippen LogP) is 2.25. The normalized spacial score (nSPS) is 11.4. The average Bonchev–Trinajstić information content (AvgIpc) is 3.02. The van der Waals surface area contributed by atoms with Gasteiger partial charge in [0.2, 0.25) is 5.89 Å². The van der Waals surface area contributed by atoms with E-state index in [1.165, 1.54) is 5.56 Å². The van der Waals surface area contributed by atoms with Crippen LogP contribution in [0.25, 0.3) is 0 Å². The Balaban J connectivity index is 1.67. The van der Waals surface area contributed by atoms with Gasteiger partial charge in [0, 0.05) is 19.5 Å². The lowest BCUT2D eigenvalue weighted by Crippen LogP contribution is -2.39. The van der Waals surface area contributed by atoms with Crippen LogP contribution in [0, 0.1) is 13.8 Å². The van der Waals surface area contributed by atoms with Gasteiger partial charge in [-0.05, 0) is 39.3 Å². The van der Waals surface area contributed by atoms with Crippen molar-refractivity contribution in [3.05, 3.63) is 41.5 Å². The first-order chi connectivity index (χ1) is 12.2. The van der Waals surface area contributed by atoms with Gasteiger partial charge in [-0.15, -0.1) is 0 Å². The number of nitrogens with one attached hydrogen (secondary N) is 2. The molecular formula is C18H27N5O2. The van der Waals surface area contributed by atoms with Gasteiger partial charge in [-0.1, -0.05) is 22.9 Å². The highest BCUT2D eigenvalue weighted by Crippen LogP contribution is 2.10. The lowest BCUT2D eigenvalue weighted by molar-refractivity contribution is 0.322. The molecule has 136 valence electrons. The molecule has 1 heterocycles. The number of aryl methyl sites for hydroxylation is 3. The lowest BCUT2D eigenvalue weighted by atomic mass is 10.2. The molecule has 0 fully saturated rings. The quantitative estimate of drug-likeness (QED) is 0.412. The highest BCUT2D eigenvalue weighted by molar-refractivity contribution is 5.79. The van der Waals surface area contributed by atoms with Crippen LogP contribution in [0.3, 0.4) is 0 Å². The van der Waals surface area contributed by atoms with Crippen molar-refractivity contribution < 1.29 is 9.26 Å². The van der Waals surface area contributed by atoms with E-state index < -0.39 is 0 Å². The summed E-state index contributed by atoms with van der Waals surface area (Å²) in [6, 6.07) is 8.04. The Morgan fingerprint density at radius 1 is 1.20 bits per heavy atom. The minimum atomic E-state index is 0.578. The van der Waals surface area contributed by atoms with E-state index in [-0.39, 0.29) is 0 Å². The van der Waals surface area contributed by atoms with E-state index in [9.17, 15) is 0 Å². The summed E-state index contributed by atoms with van der Waals surface area (Å²) in [5, 5.41) is 10.3. The fourth-order valence-corrected chi connectivity index (χ4v) is 2.18. The van der Waals surface area contributed by atoms with Crippen molar-refractivity contribution in [1.82, 2.24) is 20.8 Å². The van der Waals surface area contributed by atoms with E-state index in [0.717, 1.165) is 31.1 Å². The zero-order valence-electron chi connectivity index (χ0n) is 15.2. The molecule has 0 aliphatic heterocycles. The molecule has 0 bridgehead atoms. The summed E-state index contributed by atoms with van der Waals surface area (Å²) >= 11 is 0. The molecule has 1 aromatic carbocycles. The molecule has 0 aliphatic carbocycles. The standard InChI is InChI=1S/C18H27N5O2/c1-4-19-18(20-11-5-6-17-22-15(3)23-25-17)21-12-13-24-16-9-7-14(2)8-10-16/h7-10H,4-6,11-13H2,1-3H3,(H2,19,20,21). The number of ether oxygens (including phenoxy) is 1. The maximum atomic E-state index is 5.70. The van der Waals surface area contributed by atoms with Crippen molar-refractivity contribution in [2.75, 3.05) is 26.2 Å². The molecule has 0 spiro atoms. The molecule has 2 rings (SSSR count). The number of hydrogen-bond acceptors (Lipinski definition) is 5. The van der Waals surface area contributed by atoms with Gasteiger partial charge in [-0.2, -0.15) is 4.98 Å². The van der Waals surface area contributed by atoms with Crippen LogP contribution in [0.2, 0.25) is 0 Å². The van der Waals surface area contributed by atoms with Crippen molar-refractivity contribution in [2.24, 2.45) is 4.99 Å². The van der Waals surface area contributed by atoms with Crippen molar-refractivity contribution >= 4 is 5.96 Å². The fraction of sp³-hybridized carbons (Fsp3) is 0.500. The highest BCUT2D eigenvalue weighted by atomic mass is 16.5. The third-order valence-electron chi connectivity index (χ3n) is 3.42. The molecular weight excluding hydrogens is 318 g/mol. The molecule has 1 aromatic heterocycles. The Bertz CT molecular complexity index is 652. The second-order valence-electron chi connectivity index (χ2n) is 5.69. The van der Waals surface area contributed by atoms with E-state index in [1.54, 1.807) is 0 Å². The summed E-state index contributed by atoms with van der Waals surface area (Å²) < 4.78 is 10.8. The monoisotopic (exact) mass is 345 g/mol. The molecule has 0 unspecified atom stereocenters. The third kappa shape index (κ3) is 7.24. The predicted molar refractivity (Wildman–Crippen MR) is 98.0 cm³/mol. The second-order valence-corrected chi connectivity index (χ2v) is 5.69. The van der Waals surface area contributed by atoms with Gasteiger partial charge >= 0.3 is 0 Å². The summed E-state index contributed by atoms with van der Waals surface area (Å²) in [4.78, 5) is 8.73. The van der Waals surface area contributed by atoms with Gasteiger partial charge in [-0.3, -0.25) is 4.99 Å². The summed E-state index contributed by atoms with van der Waals surface area (Å²) in [5.74, 6) is 3.00. The van der Waals surface area contributed by atoms with Crippen LogP contribution in [-0.2, 0) is 6.42 Å². The summed E-state index contributed by atoms with van der Waals surface area (Å²) in [6.07, 6.45) is 1.60. The highest BCUT2D eigenvalue weighted by Gasteiger charge is 2.02. The van der Waals surface area contributed by atoms with Gasteiger partial charge in [0.25, 0.3) is 0 Å². The van der Waals surface area contributed by atoms with Gasteiger partial charge in [0.15, 0.2) is 11.8 Å². The van der Waals surface area contributed by atoms with E-state index in [4.69, 9.17) is 9.26 Å². The number of guanidine groups is 1. The molecule has 7 heteroatoms. The van der Waals surface area contributed by atoms with Crippen LogP contribution < -0.4 is 15.4 Å². The van der Waals surface area contributed by atoms with Gasteiger partial charge < -0.3 is 19.9 Å². The average molecular weight is 345 g/mol. The van der Waals surface area contributed by atoms with E-state index in [2.05, 4.69) is 32.7 Å². The zero-order chi connectivity index (χ0) is 17.9. The minimum Gasteiger partial charge on any atom is -0.492 e. The second kappa shape index (κ2) is 10.3. The van der Waals surface area contributed by atoms with Crippen molar-refractivity contribution in [1.29, 1.82) is 0 Å². The Morgan fingerprint density at radius 2 is 2.00 bits per heavy atom. The number of aromatic nitrogens is 2. The maximum Gasteiger partial charge on any atom is 0.226 e. The Morgan fingerprint density at radius 3 is 2.68 bits per heavy atom. The first-order valence-electron chi connectivity index (χ1n) is 8.68. The van der Waals surface area contributed by atoms with Crippen molar-refractivity contribution in [3.8, 4) is 5.75 Å². The van der Waals surface area contributed by atoms with Crippen LogP contribution in [-0.4, -0.2) is 42.3 Å². The molecule has 25 heavy (non-hydrogen) atoms. The summed E-state index contributed by atoms with van der Waals surface area (Å²) in [5.41, 5.74) is 1.22. The number of benzene rings is 1. The number of rotatable bonds is 9. The molecule has 0 saturated carbocycles. The summed E-state index contributed by atoms with van der Waals surface area (Å²) in [7, 11) is 0. The number of hydrogen-bond donors (Lipinski definition) is 2. The molecule has 0 aliphatic rings. The third-order valence-corrected chi connectivity index (χ3v) is 3.42. The topological polar surface area (TPSA) is 84.6 Å². The Kier molecular flexibility index (Phi) is 7.75. The van der Waals surface area contributed by atoms with Crippen LogP contribution in [0.5, 0.6) is 5.75 Å². The van der Waals surface area contributed by atoms with Gasteiger partial charge in [-0.25, -0.2) is 0 Å².